The number of aryl methyl sites for hydroxylation is 1. The maximum absolute atomic E-state index is 12.6. The summed E-state index contributed by atoms with van der Waals surface area (Å²) in [6.07, 6.45) is 5.16. The fraction of sp³-hybridized carbons (Fsp3) is 0.600. The molecule has 0 amide bonds. The molecule has 1 aromatic rings. The van der Waals surface area contributed by atoms with Crippen LogP contribution in [0.4, 0.5) is 5.69 Å². The van der Waals surface area contributed by atoms with Gasteiger partial charge in [-0.25, -0.2) is 13.1 Å². The molecule has 1 aromatic carbocycles. The zero-order chi connectivity index (χ0) is 15.6. The van der Waals surface area contributed by atoms with Crippen LogP contribution in [0.2, 0.25) is 0 Å². The Labute approximate surface area is 135 Å². The molecule has 1 fully saturated rings. The minimum atomic E-state index is -3.51. The standard InChI is InChI=1S/C15H23BrN2O2S/c1-10-4-3-5-12(7-6-10)18-21(19,20)15-9-14(17)13(16)8-11(15)2/h8-10,12,18H,3-7,17H2,1-2H3. The first-order valence-electron chi connectivity index (χ1n) is 7.37. The van der Waals surface area contributed by atoms with E-state index in [0.29, 0.717) is 17.2 Å². The summed E-state index contributed by atoms with van der Waals surface area (Å²) in [4.78, 5) is 0.278. The summed E-state index contributed by atoms with van der Waals surface area (Å²) in [6.45, 7) is 4.02. The van der Waals surface area contributed by atoms with E-state index in [1.54, 1.807) is 13.0 Å². The van der Waals surface area contributed by atoms with Gasteiger partial charge in [0, 0.05) is 16.2 Å². The number of nitrogens with two attached hydrogens (primary N) is 1. The Bertz CT molecular complexity index is 616. The molecule has 2 rings (SSSR count). The molecule has 0 aliphatic heterocycles. The Balaban J connectivity index is 2.20. The van der Waals surface area contributed by atoms with Gasteiger partial charge in [0.1, 0.15) is 0 Å². The molecule has 0 aromatic heterocycles. The largest absolute Gasteiger partial charge is 0.398 e. The summed E-state index contributed by atoms with van der Waals surface area (Å²) >= 11 is 3.32. The van der Waals surface area contributed by atoms with Crippen molar-refractivity contribution in [1.82, 2.24) is 4.72 Å². The van der Waals surface area contributed by atoms with Crippen molar-refractivity contribution in [3.63, 3.8) is 0 Å². The van der Waals surface area contributed by atoms with E-state index < -0.39 is 10.0 Å². The fourth-order valence-corrected chi connectivity index (χ4v) is 4.87. The van der Waals surface area contributed by atoms with Crippen LogP contribution in [-0.2, 0) is 10.0 Å². The Kier molecular flexibility index (Phi) is 5.33. The van der Waals surface area contributed by atoms with Gasteiger partial charge in [0.05, 0.1) is 4.90 Å². The lowest BCUT2D eigenvalue weighted by molar-refractivity contribution is 0.484. The smallest absolute Gasteiger partial charge is 0.241 e. The Hall–Kier alpha value is -0.590. The van der Waals surface area contributed by atoms with Gasteiger partial charge in [-0.2, -0.15) is 0 Å². The number of rotatable bonds is 3. The summed E-state index contributed by atoms with van der Waals surface area (Å²) in [5.41, 5.74) is 6.96. The normalized spacial score (nSPS) is 23.8. The summed E-state index contributed by atoms with van der Waals surface area (Å²) in [5, 5.41) is 0. The molecule has 6 heteroatoms. The van der Waals surface area contributed by atoms with Gasteiger partial charge in [0.2, 0.25) is 10.0 Å². The van der Waals surface area contributed by atoms with E-state index in [4.69, 9.17) is 5.73 Å². The van der Waals surface area contributed by atoms with E-state index in [9.17, 15) is 8.42 Å². The van der Waals surface area contributed by atoms with Crippen molar-refractivity contribution >= 4 is 31.6 Å². The molecule has 118 valence electrons. The topological polar surface area (TPSA) is 72.2 Å². The van der Waals surface area contributed by atoms with Gasteiger partial charge < -0.3 is 5.73 Å². The van der Waals surface area contributed by atoms with Crippen molar-refractivity contribution in [1.29, 1.82) is 0 Å². The number of nitrogen functional groups attached to an aromatic ring is 1. The molecule has 0 bridgehead atoms. The van der Waals surface area contributed by atoms with Gasteiger partial charge in [-0.1, -0.05) is 19.8 Å². The molecular weight excluding hydrogens is 352 g/mol. The predicted molar refractivity (Wildman–Crippen MR) is 89.6 cm³/mol. The van der Waals surface area contributed by atoms with Crippen molar-refractivity contribution in [2.24, 2.45) is 5.92 Å². The first-order valence-corrected chi connectivity index (χ1v) is 9.65. The van der Waals surface area contributed by atoms with Crippen LogP contribution >= 0.6 is 15.9 Å². The number of anilines is 1. The minimum Gasteiger partial charge on any atom is -0.398 e. The summed E-state index contributed by atoms with van der Waals surface area (Å²) < 4.78 is 28.8. The lowest BCUT2D eigenvalue weighted by Gasteiger charge is -2.18. The van der Waals surface area contributed by atoms with Crippen molar-refractivity contribution in [3.8, 4) is 0 Å². The minimum absolute atomic E-state index is 0.0317. The second-order valence-corrected chi connectivity index (χ2v) is 8.61. The zero-order valence-electron chi connectivity index (χ0n) is 12.5. The molecule has 4 nitrogen and oxygen atoms in total. The molecule has 1 aliphatic rings. The third kappa shape index (κ3) is 4.20. The molecule has 1 saturated carbocycles. The van der Waals surface area contributed by atoms with Crippen molar-refractivity contribution < 1.29 is 8.42 Å². The average molecular weight is 375 g/mol. The Morgan fingerprint density at radius 1 is 1.24 bits per heavy atom. The van der Waals surface area contributed by atoms with Gasteiger partial charge in [-0.15, -0.1) is 0 Å². The molecule has 21 heavy (non-hydrogen) atoms. The van der Waals surface area contributed by atoms with Crippen LogP contribution in [-0.4, -0.2) is 14.5 Å². The summed E-state index contributed by atoms with van der Waals surface area (Å²) in [5.74, 6) is 0.685. The highest BCUT2D eigenvalue weighted by atomic mass is 79.9. The highest BCUT2D eigenvalue weighted by Gasteiger charge is 2.24. The maximum Gasteiger partial charge on any atom is 0.241 e. The summed E-state index contributed by atoms with van der Waals surface area (Å²) in [7, 11) is -3.51. The highest BCUT2D eigenvalue weighted by molar-refractivity contribution is 9.10. The predicted octanol–water partition coefficient (Wildman–Crippen LogP) is 3.59. The van der Waals surface area contributed by atoms with E-state index in [-0.39, 0.29) is 10.9 Å². The molecule has 0 saturated heterocycles. The van der Waals surface area contributed by atoms with Crippen molar-refractivity contribution in [2.75, 3.05) is 5.73 Å². The second kappa shape index (κ2) is 6.67. The molecule has 1 aliphatic carbocycles. The first-order chi connectivity index (χ1) is 9.79. The van der Waals surface area contributed by atoms with Crippen LogP contribution < -0.4 is 10.5 Å². The monoisotopic (exact) mass is 374 g/mol. The second-order valence-electron chi connectivity index (χ2n) is 6.07. The van der Waals surface area contributed by atoms with Crippen LogP contribution in [0.25, 0.3) is 0 Å². The number of sulfonamides is 1. The van der Waals surface area contributed by atoms with E-state index in [1.807, 2.05) is 0 Å². The molecule has 0 spiro atoms. The molecule has 3 N–H and O–H groups in total. The molecule has 0 radical (unpaired) electrons. The number of benzene rings is 1. The zero-order valence-corrected chi connectivity index (χ0v) is 14.9. The SMILES string of the molecule is Cc1cc(Br)c(N)cc1S(=O)(=O)NC1CCCC(C)CC1. The third-order valence-corrected chi connectivity index (χ3v) is 6.51. The lowest BCUT2D eigenvalue weighted by atomic mass is 10.0. The molecule has 0 heterocycles. The fourth-order valence-electron chi connectivity index (χ4n) is 2.85. The molecular formula is C15H23BrN2O2S. The Morgan fingerprint density at radius 2 is 1.95 bits per heavy atom. The van der Waals surface area contributed by atoms with E-state index in [1.165, 1.54) is 12.5 Å². The highest BCUT2D eigenvalue weighted by Crippen LogP contribution is 2.28. The maximum atomic E-state index is 12.6. The number of hydrogen-bond acceptors (Lipinski definition) is 3. The van der Waals surface area contributed by atoms with Crippen molar-refractivity contribution in [2.45, 2.75) is 56.9 Å². The first kappa shape index (κ1) is 16.8. The van der Waals surface area contributed by atoms with Gasteiger partial charge in [0.15, 0.2) is 0 Å². The number of nitrogens with one attached hydrogen (secondary N) is 1. The molecule has 2 atom stereocenters. The van der Waals surface area contributed by atoms with Crippen LogP contribution in [0.5, 0.6) is 0 Å². The molecule has 2 unspecified atom stereocenters. The van der Waals surface area contributed by atoms with E-state index in [2.05, 4.69) is 27.6 Å². The van der Waals surface area contributed by atoms with Gasteiger partial charge >= 0.3 is 0 Å². The van der Waals surface area contributed by atoms with E-state index in [0.717, 1.165) is 30.2 Å². The number of hydrogen-bond donors (Lipinski definition) is 2. The van der Waals surface area contributed by atoms with Crippen LogP contribution in [0.15, 0.2) is 21.5 Å². The van der Waals surface area contributed by atoms with Gasteiger partial charge in [0.25, 0.3) is 0 Å². The summed E-state index contributed by atoms with van der Waals surface area (Å²) in [6, 6.07) is 3.31. The number of halogens is 1. The Morgan fingerprint density at radius 3 is 2.67 bits per heavy atom. The van der Waals surface area contributed by atoms with Crippen LogP contribution in [0.3, 0.4) is 0 Å². The van der Waals surface area contributed by atoms with Crippen LogP contribution in [0, 0.1) is 12.8 Å². The van der Waals surface area contributed by atoms with Crippen molar-refractivity contribution in [3.05, 3.63) is 22.2 Å². The quantitative estimate of drug-likeness (QED) is 0.627. The average Bonchev–Trinajstić information content (AvgIpc) is 2.58. The van der Waals surface area contributed by atoms with Crippen LogP contribution in [0.1, 0.15) is 44.6 Å². The van der Waals surface area contributed by atoms with Gasteiger partial charge in [-0.3, -0.25) is 0 Å². The third-order valence-electron chi connectivity index (χ3n) is 4.16. The van der Waals surface area contributed by atoms with E-state index >= 15 is 0 Å². The van der Waals surface area contributed by atoms with Gasteiger partial charge in [-0.05, 0) is 65.7 Å². The lowest BCUT2D eigenvalue weighted by Crippen LogP contribution is -2.34.